The Kier molecular flexibility index (Phi) is 19.3. The summed E-state index contributed by atoms with van der Waals surface area (Å²) in [6, 6.07) is 87.1. The van der Waals surface area contributed by atoms with Crippen molar-refractivity contribution in [2.75, 3.05) is 0 Å². The average molecular weight is 1520 g/mol. The van der Waals surface area contributed by atoms with Gasteiger partial charge in [0, 0.05) is 89.6 Å². The molecule has 0 aliphatic heterocycles. The fraction of sp³-hybridized carbons (Fsp3) is 0.222. The summed E-state index contributed by atoms with van der Waals surface area (Å²) in [5.74, 6) is 1.94. The van der Waals surface area contributed by atoms with Crippen LogP contribution in [0.25, 0.3) is 176 Å². The fourth-order valence-electron chi connectivity index (χ4n) is 19.4. The second-order valence-corrected chi connectivity index (χ2v) is 33.3. The summed E-state index contributed by atoms with van der Waals surface area (Å²) >= 11 is 0. The molecule has 0 N–H and O–H groups in total. The van der Waals surface area contributed by atoms with Crippen LogP contribution in [-0.4, -0.2) is 0 Å². The van der Waals surface area contributed by atoms with Crippen molar-refractivity contribution in [3.8, 4) is 45.0 Å². The van der Waals surface area contributed by atoms with E-state index >= 15 is 0 Å². The van der Waals surface area contributed by atoms with Crippen LogP contribution in [0.15, 0.2) is 285 Å². The first-order chi connectivity index (χ1) is 56.6. The number of pyridine rings is 4. The number of aromatic nitrogens is 4. The maximum atomic E-state index is 6.52. The number of hydrogen-bond acceptors (Lipinski definition) is 4. The van der Waals surface area contributed by atoms with E-state index in [4.69, 9.17) is 17.7 Å². The van der Waals surface area contributed by atoms with Gasteiger partial charge in [-0.25, -0.2) is 18.3 Å². The zero-order chi connectivity index (χ0) is 79.1. The lowest BCUT2D eigenvalue weighted by atomic mass is 9.84. The first-order valence-corrected chi connectivity index (χ1v) is 42.0. The molecule has 0 radical (unpaired) electrons. The zero-order valence-electron chi connectivity index (χ0n) is 68.6. The van der Waals surface area contributed by atoms with Gasteiger partial charge in [-0.1, -0.05) is 223 Å². The minimum atomic E-state index is 0.509. The summed E-state index contributed by atoms with van der Waals surface area (Å²) in [5, 5.41) is 19.6. The third-order valence-corrected chi connectivity index (χ3v) is 25.6. The number of furan rings is 4. The van der Waals surface area contributed by atoms with E-state index in [-0.39, 0.29) is 0 Å². The van der Waals surface area contributed by atoms with Crippen LogP contribution in [0.1, 0.15) is 141 Å². The summed E-state index contributed by atoms with van der Waals surface area (Å²) in [5.41, 5.74) is 27.9. The summed E-state index contributed by atoms with van der Waals surface area (Å²) in [6.07, 6.45) is 22.3. The smallest absolute Gasteiger partial charge is 0.216 e. The summed E-state index contributed by atoms with van der Waals surface area (Å²) in [4.78, 5) is 0. The fourth-order valence-corrected chi connectivity index (χ4v) is 19.4. The molecule has 2 saturated carbocycles. The Morgan fingerprint density at radius 2 is 0.586 bits per heavy atom. The first-order valence-electron chi connectivity index (χ1n) is 42.0. The van der Waals surface area contributed by atoms with Gasteiger partial charge < -0.3 is 17.7 Å². The Hall–Kier alpha value is -12.5. The lowest BCUT2D eigenvalue weighted by Gasteiger charge is -2.21. The van der Waals surface area contributed by atoms with Gasteiger partial charge >= 0.3 is 0 Å². The molecule has 0 atom stereocenters. The van der Waals surface area contributed by atoms with E-state index in [1.165, 1.54) is 234 Å². The SMILES string of the molecule is CCc1ccc(-c2c(C)ccc3c2oc2ccc4ccccc4c23)[n+](C)c1.Cc1ccc2c(oc3ccc4ccccc4c32)c1-c1ccc(C(C)C)c[n+]1C.Cc1ccc2c(oc3ccc4ccccc4c32)c1-c1ccc(C2CCCC2)c[n+]1C.Cc1ccc2c(oc3ccc4ccccc4c32)c1-c1ccc(C2CCCCC2)c[n+]1C. The largest absolute Gasteiger partial charge is 0.455 e. The highest BCUT2D eigenvalue weighted by Crippen LogP contribution is 2.46. The average Bonchev–Trinajstić information content (AvgIpc) is 1.60. The van der Waals surface area contributed by atoms with Gasteiger partial charge in [-0.05, 0) is 191 Å². The third-order valence-electron chi connectivity index (χ3n) is 25.6. The number of nitrogens with zero attached hydrogens (tertiary/aromatic N) is 4. The summed E-state index contributed by atoms with van der Waals surface area (Å²) in [7, 11) is 8.59. The number of rotatable bonds is 8. The molecule has 2 fully saturated rings. The molecule has 8 heteroatoms. The molecule has 12 aromatic carbocycles. The van der Waals surface area contributed by atoms with Gasteiger partial charge in [0.2, 0.25) is 22.8 Å². The molecule has 572 valence electrons. The Morgan fingerprint density at radius 3 is 0.888 bits per heavy atom. The molecule has 0 unspecified atom stereocenters. The Morgan fingerprint density at radius 1 is 0.293 bits per heavy atom. The van der Waals surface area contributed by atoms with E-state index < -0.39 is 0 Å². The predicted molar refractivity (Wildman–Crippen MR) is 481 cm³/mol. The molecule has 0 amide bonds. The Bertz CT molecular complexity index is 7270. The molecule has 0 bridgehead atoms. The van der Waals surface area contributed by atoms with E-state index in [9.17, 15) is 0 Å². The van der Waals surface area contributed by atoms with Gasteiger partial charge in [0.25, 0.3) is 0 Å². The maximum absolute atomic E-state index is 6.52. The van der Waals surface area contributed by atoms with E-state index in [1.54, 1.807) is 0 Å². The molecule has 0 spiro atoms. The molecule has 8 aromatic heterocycles. The molecule has 22 rings (SSSR count). The lowest BCUT2D eigenvalue weighted by molar-refractivity contribution is -0.661. The number of hydrogen-bond donors (Lipinski definition) is 0. The number of benzene rings is 12. The zero-order valence-corrected chi connectivity index (χ0v) is 68.6. The maximum Gasteiger partial charge on any atom is 0.216 e. The van der Waals surface area contributed by atoms with Crippen molar-refractivity contribution < 1.29 is 35.9 Å². The Labute approximate surface area is 678 Å². The predicted octanol–water partition coefficient (Wildman–Crippen LogP) is 27.5. The van der Waals surface area contributed by atoms with Crippen molar-refractivity contribution in [2.45, 2.75) is 130 Å². The van der Waals surface area contributed by atoms with Crippen molar-refractivity contribution in [1.29, 1.82) is 0 Å². The van der Waals surface area contributed by atoms with Gasteiger partial charge in [0.15, 0.2) is 24.8 Å². The van der Waals surface area contributed by atoms with Crippen molar-refractivity contribution in [2.24, 2.45) is 28.2 Å². The highest BCUT2D eigenvalue weighted by Gasteiger charge is 2.30. The molecule has 116 heavy (non-hydrogen) atoms. The highest BCUT2D eigenvalue weighted by molar-refractivity contribution is 6.24. The standard InChI is InChI=1S/C29H28NO.C28H26NO.C26H24NO.C25H22NO/c1-19-12-15-24-28-23-11-7-6-10-21(23)14-17-26(28)31-29(24)27(19)25-16-13-22(18-30(25)2)20-8-4-3-5-9-20;1-18-11-14-23-27-22-10-6-5-9-20(22)13-16-25(27)30-28(23)26(18)24-15-12-21(17-29(24)2)19-7-3-4-8-19;1-16(2)19-10-13-22(27(4)15-19)24-17(3)9-12-21-25-20-8-6-5-7-18(20)11-14-23(25)28-26(21)24;1-4-17-10-13-21(26(3)15-17)23-16(2)9-12-20-24-19-8-6-5-7-18(19)11-14-22(24)27-25(20)23/h6-7,10-18,20H,3-5,8-9H2,1-2H3;5-6,9-17,19H,3-4,7-8H2,1-2H3;5-16H,1-4H3;5-15H,4H2,1-3H3/q4*+1. The molecular formula is C108H100N4O4+4. The van der Waals surface area contributed by atoms with Crippen molar-refractivity contribution in [3.63, 3.8) is 0 Å². The van der Waals surface area contributed by atoms with E-state index in [0.29, 0.717) is 11.8 Å². The molecule has 20 aromatic rings. The molecular weight excluding hydrogens is 1420 g/mol. The van der Waals surface area contributed by atoms with Gasteiger partial charge in [-0.2, -0.15) is 0 Å². The summed E-state index contributed by atoms with van der Waals surface area (Å²) < 4.78 is 34.9. The van der Waals surface area contributed by atoms with Crippen LogP contribution in [0.3, 0.4) is 0 Å². The molecule has 0 saturated heterocycles. The monoisotopic (exact) mass is 1520 g/mol. The summed E-state index contributed by atoms with van der Waals surface area (Å²) in [6.45, 7) is 15.3. The molecule has 8 nitrogen and oxygen atoms in total. The minimum Gasteiger partial charge on any atom is -0.455 e. The van der Waals surface area contributed by atoms with Gasteiger partial charge in [-0.15, -0.1) is 0 Å². The van der Waals surface area contributed by atoms with Crippen LogP contribution in [0.4, 0.5) is 0 Å². The Balaban J connectivity index is 0.000000103. The third kappa shape index (κ3) is 13.0. The molecule has 2 aliphatic carbocycles. The topological polar surface area (TPSA) is 68.1 Å². The second-order valence-electron chi connectivity index (χ2n) is 33.3. The van der Waals surface area contributed by atoms with Gasteiger partial charge in [-0.3, -0.25) is 0 Å². The van der Waals surface area contributed by atoms with E-state index in [2.05, 4.69) is 362 Å². The van der Waals surface area contributed by atoms with Crippen LogP contribution >= 0.6 is 0 Å². The van der Waals surface area contributed by atoms with E-state index in [1.807, 2.05) is 0 Å². The van der Waals surface area contributed by atoms with Crippen molar-refractivity contribution >= 4 is 131 Å². The van der Waals surface area contributed by atoms with Crippen molar-refractivity contribution in [1.82, 2.24) is 0 Å². The van der Waals surface area contributed by atoms with Crippen LogP contribution in [0.2, 0.25) is 0 Å². The number of aryl methyl sites for hydroxylation is 9. The van der Waals surface area contributed by atoms with Crippen LogP contribution < -0.4 is 18.3 Å². The molecule has 2 aliphatic rings. The number of fused-ring (bicyclic) bond motifs is 20. The normalized spacial score (nSPS) is 13.6. The van der Waals surface area contributed by atoms with Crippen LogP contribution in [0, 0.1) is 27.7 Å². The highest BCUT2D eigenvalue weighted by atomic mass is 16.3. The second kappa shape index (κ2) is 30.3. The minimum absolute atomic E-state index is 0.509. The van der Waals surface area contributed by atoms with Crippen molar-refractivity contribution in [3.05, 3.63) is 312 Å². The van der Waals surface area contributed by atoms with Crippen LogP contribution in [-0.2, 0) is 34.6 Å². The molecule has 8 heterocycles. The van der Waals surface area contributed by atoms with Gasteiger partial charge in [0.05, 0.1) is 22.3 Å². The van der Waals surface area contributed by atoms with Crippen LogP contribution in [0.5, 0.6) is 0 Å². The quantitative estimate of drug-likeness (QED) is 0.142. The lowest BCUT2D eigenvalue weighted by Crippen LogP contribution is -2.32. The van der Waals surface area contributed by atoms with Gasteiger partial charge in [0.1, 0.15) is 72.9 Å². The van der Waals surface area contributed by atoms with E-state index in [0.717, 1.165) is 57.0 Å². The first kappa shape index (κ1) is 73.6.